The highest BCUT2D eigenvalue weighted by Gasteiger charge is 2.35. The number of benzene rings is 3. The number of sulfonamides is 1. The van der Waals surface area contributed by atoms with Gasteiger partial charge < -0.3 is 33.3 Å². The van der Waals surface area contributed by atoms with Gasteiger partial charge in [-0.2, -0.15) is 4.31 Å². The van der Waals surface area contributed by atoms with E-state index in [4.69, 9.17) is 28.4 Å². The van der Waals surface area contributed by atoms with Crippen LogP contribution in [0.4, 0.5) is 4.79 Å². The van der Waals surface area contributed by atoms with Gasteiger partial charge in [0.25, 0.3) is 0 Å². The zero-order valence-electron chi connectivity index (χ0n) is 34.6. The Morgan fingerprint density at radius 1 is 1.02 bits per heavy atom. The molecule has 6 rings (SSSR count). The number of aromatic nitrogens is 3. The largest absolute Gasteiger partial charge is 0.494 e. The molecule has 0 radical (unpaired) electrons. The maximum absolute atomic E-state index is 14.3. The van der Waals surface area contributed by atoms with Crippen molar-refractivity contribution in [3.05, 3.63) is 70.8 Å². The van der Waals surface area contributed by atoms with E-state index in [1.54, 1.807) is 42.8 Å². The van der Waals surface area contributed by atoms with Crippen LogP contribution in [0.25, 0.3) is 11.0 Å². The molecule has 1 saturated heterocycles. The summed E-state index contributed by atoms with van der Waals surface area (Å²) in [5, 5.41) is 8.45. The number of aryl methyl sites for hydroxylation is 2. The lowest BCUT2D eigenvalue weighted by Crippen LogP contribution is -2.43. The van der Waals surface area contributed by atoms with E-state index >= 15 is 0 Å². The standard InChI is InChI=1S/C42H55N5O10S/c1-9-53-39(48)24-34(30-21-35-40(37(22-30)52-8)45(7)44-43-35)29-11-10-27(2)31(20-29)26-47-25-28(3)56-36-23-33(12-13-38(36)58(47,50)51)55-19-18-54-32-14-16-46(17-15-32)41(49)57-42(4,5)6/h10-13,20-23,28,32,34H,9,14-19,24-26H2,1-8H3/t28-,34?/m1/s1. The Morgan fingerprint density at radius 3 is 2.48 bits per heavy atom. The van der Waals surface area contributed by atoms with Crippen LogP contribution in [0.2, 0.25) is 0 Å². The molecule has 1 aromatic heterocycles. The predicted octanol–water partition coefficient (Wildman–Crippen LogP) is 6.14. The first-order valence-corrected chi connectivity index (χ1v) is 21.2. The van der Waals surface area contributed by atoms with E-state index in [0.717, 1.165) is 27.8 Å². The van der Waals surface area contributed by atoms with Gasteiger partial charge in [0.05, 0.1) is 39.4 Å². The molecule has 15 nitrogen and oxygen atoms in total. The summed E-state index contributed by atoms with van der Waals surface area (Å²) >= 11 is 0. The third-order valence-electron chi connectivity index (χ3n) is 10.2. The fourth-order valence-corrected chi connectivity index (χ4v) is 8.93. The van der Waals surface area contributed by atoms with Crippen LogP contribution in [0.5, 0.6) is 17.2 Å². The molecule has 58 heavy (non-hydrogen) atoms. The van der Waals surface area contributed by atoms with Crippen molar-refractivity contribution in [3.63, 3.8) is 0 Å². The van der Waals surface area contributed by atoms with E-state index in [-0.39, 0.29) is 61.5 Å². The molecule has 0 N–H and O–H groups in total. The molecule has 0 spiro atoms. The number of amides is 1. The monoisotopic (exact) mass is 821 g/mol. The smallest absolute Gasteiger partial charge is 0.410 e. The van der Waals surface area contributed by atoms with Gasteiger partial charge in [0.1, 0.15) is 51.5 Å². The van der Waals surface area contributed by atoms with Crippen molar-refractivity contribution < 1.29 is 46.4 Å². The number of carbonyl (C=O) groups is 2. The minimum absolute atomic E-state index is 0.000489. The molecule has 314 valence electrons. The van der Waals surface area contributed by atoms with Crippen molar-refractivity contribution in [1.29, 1.82) is 0 Å². The Balaban J connectivity index is 1.15. The van der Waals surface area contributed by atoms with Crippen LogP contribution in [0.1, 0.15) is 82.1 Å². The Morgan fingerprint density at radius 2 is 1.78 bits per heavy atom. The van der Waals surface area contributed by atoms with E-state index in [1.807, 2.05) is 65.0 Å². The zero-order chi connectivity index (χ0) is 41.8. The predicted molar refractivity (Wildman–Crippen MR) is 216 cm³/mol. The number of likely N-dealkylation sites (tertiary alicyclic amines) is 1. The quantitative estimate of drug-likeness (QED) is 0.112. The number of ether oxygens (including phenoxy) is 6. The molecule has 4 aromatic rings. The van der Waals surface area contributed by atoms with Gasteiger partial charge in [-0.1, -0.05) is 23.4 Å². The highest BCUT2D eigenvalue weighted by molar-refractivity contribution is 7.89. The first-order valence-electron chi connectivity index (χ1n) is 19.7. The first kappa shape index (κ1) is 42.7. The fraction of sp³-hybridized carbons (Fsp3) is 0.524. The van der Waals surface area contributed by atoms with Crippen LogP contribution in [-0.4, -0.2) is 109 Å². The Kier molecular flexibility index (Phi) is 13.2. The maximum atomic E-state index is 14.3. The van der Waals surface area contributed by atoms with Gasteiger partial charge >= 0.3 is 12.1 Å². The lowest BCUT2D eigenvalue weighted by atomic mass is 9.86. The van der Waals surface area contributed by atoms with Crippen molar-refractivity contribution in [2.75, 3.05) is 46.6 Å². The summed E-state index contributed by atoms with van der Waals surface area (Å²) in [6, 6.07) is 14.4. The summed E-state index contributed by atoms with van der Waals surface area (Å²) < 4.78 is 66.4. The van der Waals surface area contributed by atoms with Crippen molar-refractivity contribution in [2.45, 2.75) is 96.0 Å². The molecular formula is C42H55N5O10S. The third-order valence-corrected chi connectivity index (χ3v) is 12.1. The summed E-state index contributed by atoms with van der Waals surface area (Å²) in [4.78, 5) is 27.1. The van der Waals surface area contributed by atoms with Crippen molar-refractivity contribution in [2.24, 2.45) is 7.05 Å². The number of hydrogen-bond donors (Lipinski definition) is 0. The summed E-state index contributed by atoms with van der Waals surface area (Å²) in [5.74, 6) is 0.448. The molecule has 0 bridgehead atoms. The van der Waals surface area contributed by atoms with Gasteiger partial charge in [-0.3, -0.25) is 4.79 Å². The average Bonchev–Trinajstić information content (AvgIpc) is 3.51. The number of piperidine rings is 1. The molecule has 1 unspecified atom stereocenters. The van der Waals surface area contributed by atoms with Gasteiger partial charge in [-0.25, -0.2) is 17.9 Å². The molecule has 2 atom stereocenters. The molecular weight excluding hydrogens is 767 g/mol. The molecule has 2 aliphatic rings. The van der Waals surface area contributed by atoms with Gasteiger partial charge in [-0.15, -0.1) is 5.10 Å². The topological polar surface area (TPSA) is 161 Å². The van der Waals surface area contributed by atoms with Crippen LogP contribution in [0.15, 0.2) is 53.4 Å². The Hall–Kier alpha value is -4.93. The molecule has 0 aliphatic carbocycles. The fourth-order valence-electron chi connectivity index (χ4n) is 7.33. The SMILES string of the molecule is CCOC(=O)CC(c1ccc(C)c(CN2C[C@@H](C)Oc3cc(OCCOC4CCN(C(=O)OC(C)(C)C)CC4)ccc3S2(=O)=O)c1)c1cc(OC)c2c(c1)nnn2C. The van der Waals surface area contributed by atoms with Crippen molar-refractivity contribution in [3.8, 4) is 17.2 Å². The van der Waals surface area contributed by atoms with Gasteiger partial charge in [0.15, 0.2) is 0 Å². The third kappa shape index (κ3) is 10.0. The lowest BCUT2D eigenvalue weighted by Gasteiger charge is -2.33. The van der Waals surface area contributed by atoms with Crippen LogP contribution in [0.3, 0.4) is 0 Å². The maximum Gasteiger partial charge on any atom is 0.410 e. The van der Waals surface area contributed by atoms with Gasteiger partial charge in [0, 0.05) is 38.7 Å². The number of hydrogen-bond acceptors (Lipinski definition) is 12. The molecule has 16 heteroatoms. The summed E-state index contributed by atoms with van der Waals surface area (Å²) in [7, 11) is -0.642. The van der Waals surface area contributed by atoms with Gasteiger partial charge in [-0.05, 0) is 101 Å². The first-order chi connectivity index (χ1) is 27.6. The minimum atomic E-state index is -4.00. The van der Waals surface area contributed by atoms with E-state index in [0.29, 0.717) is 49.6 Å². The number of carbonyl (C=O) groups excluding carboxylic acids is 2. The van der Waals surface area contributed by atoms with E-state index in [1.165, 1.54) is 10.4 Å². The van der Waals surface area contributed by atoms with E-state index < -0.39 is 27.6 Å². The number of methoxy groups -OCH3 is 1. The van der Waals surface area contributed by atoms with E-state index in [2.05, 4.69) is 10.3 Å². The molecule has 1 fully saturated rings. The second kappa shape index (κ2) is 17.9. The Labute approximate surface area is 340 Å². The average molecular weight is 822 g/mol. The van der Waals surface area contributed by atoms with Gasteiger partial charge in [0.2, 0.25) is 10.0 Å². The molecule has 3 heterocycles. The summed E-state index contributed by atoms with van der Waals surface area (Å²) in [6.07, 6.45) is 0.677. The van der Waals surface area contributed by atoms with Crippen LogP contribution < -0.4 is 14.2 Å². The molecule has 2 aliphatic heterocycles. The van der Waals surface area contributed by atoms with Crippen molar-refractivity contribution in [1.82, 2.24) is 24.2 Å². The highest BCUT2D eigenvalue weighted by atomic mass is 32.2. The number of fused-ring (bicyclic) bond motifs is 2. The second-order valence-corrected chi connectivity index (χ2v) is 17.7. The van der Waals surface area contributed by atoms with Crippen LogP contribution in [-0.2, 0) is 42.6 Å². The lowest BCUT2D eigenvalue weighted by molar-refractivity contribution is -0.143. The zero-order valence-corrected chi connectivity index (χ0v) is 35.5. The molecule has 0 saturated carbocycles. The van der Waals surface area contributed by atoms with Crippen LogP contribution >= 0.6 is 0 Å². The normalized spacial score (nSPS) is 17.9. The number of nitrogens with zero attached hydrogens (tertiary/aromatic N) is 5. The second-order valence-electron chi connectivity index (χ2n) is 15.8. The number of rotatable bonds is 13. The Bertz CT molecular complexity index is 2210. The molecule has 1 amide bonds. The van der Waals surface area contributed by atoms with Crippen LogP contribution in [0, 0.1) is 6.92 Å². The molecule has 3 aromatic carbocycles. The van der Waals surface area contributed by atoms with Crippen molar-refractivity contribution >= 4 is 33.1 Å². The minimum Gasteiger partial charge on any atom is -0.494 e. The highest BCUT2D eigenvalue weighted by Crippen LogP contribution is 2.38. The summed E-state index contributed by atoms with van der Waals surface area (Å²) in [5.41, 5.74) is 4.09. The summed E-state index contributed by atoms with van der Waals surface area (Å²) in [6.45, 7) is 13.2. The van der Waals surface area contributed by atoms with E-state index in [9.17, 15) is 18.0 Å². The number of esters is 1.